The normalized spacial score (nSPS) is 13.4. The van der Waals surface area contributed by atoms with Crippen molar-refractivity contribution >= 4 is 15.9 Å². The summed E-state index contributed by atoms with van der Waals surface area (Å²) >= 11 is 0. The van der Waals surface area contributed by atoms with Crippen LogP contribution in [0.5, 0.6) is 0 Å². The molecule has 6 nitrogen and oxygen atoms in total. The van der Waals surface area contributed by atoms with Crippen LogP contribution in [0, 0.1) is 5.92 Å². The number of hydrogen-bond acceptors (Lipinski definition) is 4. The number of benzene rings is 2. The maximum atomic E-state index is 13.1. The minimum Gasteiger partial charge on any atom is -0.391 e. The Balaban J connectivity index is 2.23. The van der Waals surface area contributed by atoms with Gasteiger partial charge in [-0.25, -0.2) is 8.42 Å². The number of carbonyl (C=O) groups is 1. The van der Waals surface area contributed by atoms with Gasteiger partial charge in [-0.05, 0) is 50.5 Å². The summed E-state index contributed by atoms with van der Waals surface area (Å²) in [5.74, 6) is -0.123. The van der Waals surface area contributed by atoms with Gasteiger partial charge < -0.3 is 10.4 Å². The topological polar surface area (TPSA) is 86.7 Å². The fourth-order valence-corrected chi connectivity index (χ4v) is 4.96. The number of nitrogens with one attached hydrogen (secondary N) is 1. The lowest BCUT2D eigenvalue weighted by Crippen LogP contribution is -2.42. The van der Waals surface area contributed by atoms with Crippen LogP contribution in [0.3, 0.4) is 0 Å². The Kier molecular flexibility index (Phi) is 8.40. The smallest absolute Gasteiger partial charge is 0.251 e. The Hall–Kier alpha value is -2.22. The lowest BCUT2D eigenvalue weighted by atomic mass is 9.99. The van der Waals surface area contributed by atoms with Crippen LogP contribution >= 0.6 is 0 Å². The van der Waals surface area contributed by atoms with Crippen LogP contribution in [0.4, 0.5) is 0 Å². The highest BCUT2D eigenvalue weighted by Crippen LogP contribution is 2.19. The molecule has 2 aromatic carbocycles. The molecule has 1 atom stereocenters. The molecule has 7 heteroatoms. The third kappa shape index (κ3) is 7.45. The van der Waals surface area contributed by atoms with Crippen molar-refractivity contribution in [2.24, 2.45) is 5.92 Å². The van der Waals surface area contributed by atoms with Gasteiger partial charge in [0.05, 0.1) is 11.0 Å². The summed E-state index contributed by atoms with van der Waals surface area (Å²) < 4.78 is 27.6. The third-order valence-corrected chi connectivity index (χ3v) is 6.42. The van der Waals surface area contributed by atoms with E-state index in [-0.39, 0.29) is 35.2 Å². The minimum absolute atomic E-state index is 0.0510. The van der Waals surface area contributed by atoms with Crippen LogP contribution in [0.25, 0.3) is 0 Å². The van der Waals surface area contributed by atoms with E-state index in [1.807, 2.05) is 40.7 Å². The number of amides is 1. The quantitative estimate of drug-likeness (QED) is 0.618. The van der Waals surface area contributed by atoms with Gasteiger partial charge in [0.15, 0.2) is 0 Å². The van der Waals surface area contributed by atoms with Gasteiger partial charge in [0.2, 0.25) is 10.0 Å². The largest absolute Gasteiger partial charge is 0.391 e. The number of carbonyl (C=O) groups excluding carboxylic acids is 1. The number of rotatable bonds is 9. The van der Waals surface area contributed by atoms with Crippen LogP contribution in [0.2, 0.25) is 0 Å². The molecule has 2 rings (SSSR count). The molecule has 31 heavy (non-hydrogen) atoms. The molecule has 1 unspecified atom stereocenters. The van der Waals surface area contributed by atoms with Gasteiger partial charge >= 0.3 is 0 Å². The van der Waals surface area contributed by atoms with Crippen molar-refractivity contribution in [3.8, 4) is 0 Å². The summed E-state index contributed by atoms with van der Waals surface area (Å²) in [6, 6.07) is 15.3. The average Bonchev–Trinajstić information content (AvgIpc) is 2.67. The fourth-order valence-electron chi connectivity index (χ4n) is 3.30. The van der Waals surface area contributed by atoms with E-state index in [9.17, 15) is 18.3 Å². The van der Waals surface area contributed by atoms with Gasteiger partial charge in [0.25, 0.3) is 5.91 Å². The molecule has 0 spiro atoms. The first-order valence-corrected chi connectivity index (χ1v) is 12.0. The summed E-state index contributed by atoms with van der Waals surface area (Å²) in [6.07, 6.45) is -0.784. The molecule has 0 aliphatic carbocycles. The number of hydrogen-bond donors (Lipinski definition) is 2. The molecule has 2 N–H and O–H groups in total. The minimum atomic E-state index is -3.74. The van der Waals surface area contributed by atoms with Gasteiger partial charge in [0, 0.05) is 30.6 Å². The van der Waals surface area contributed by atoms with Crippen molar-refractivity contribution in [3.05, 3.63) is 65.7 Å². The Morgan fingerprint density at radius 2 is 1.58 bits per heavy atom. The maximum Gasteiger partial charge on any atom is 0.251 e. The fraction of sp³-hybridized carbons (Fsp3) is 0.458. The molecule has 0 saturated carbocycles. The Morgan fingerprint density at radius 1 is 1.00 bits per heavy atom. The van der Waals surface area contributed by atoms with Crippen molar-refractivity contribution in [1.29, 1.82) is 0 Å². The molecule has 0 aliphatic rings. The first kappa shape index (κ1) is 25.0. The molecule has 0 radical (unpaired) electrons. The van der Waals surface area contributed by atoms with E-state index < -0.39 is 16.1 Å². The first-order valence-electron chi connectivity index (χ1n) is 10.5. The SMILES string of the molecule is CC(C)CN(CC(O)Cc1ccccc1C(=O)NC(C)(C)C)S(=O)(=O)c1ccccc1. The van der Waals surface area contributed by atoms with Gasteiger partial charge in [0.1, 0.15) is 0 Å². The average molecular weight is 447 g/mol. The Morgan fingerprint density at radius 3 is 2.16 bits per heavy atom. The van der Waals surface area contributed by atoms with Crippen LogP contribution in [0.1, 0.15) is 50.5 Å². The number of aliphatic hydroxyl groups excluding tert-OH is 1. The van der Waals surface area contributed by atoms with Crippen molar-refractivity contribution < 1.29 is 18.3 Å². The molecule has 2 aromatic rings. The standard InChI is InChI=1S/C24H34N2O4S/c1-18(2)16-26(31(29,30)21-12-7-6-8-13-21)17-20(27)15-19-11-9-10-14-22(19)23(28)25-24(3,4)5/h6-14,18,20,27H,15-17H2,1-5H3,(H,25,28). The molecule has 0 fully saturated rings. The van der Waals surface area contributed by atoms with Crippen LogP contribution in [-0.2, 0) is 16.4 Å². The zero-order chi connectivity index (χ0) is 23.2. The van der Waals surface area contributed by atoms with E-state index in [4.69, 9.17) is 0 Å². The molecule has 170 valence electrons. The second-order valence-electron chi connectivity index (χ2n) is 9.25. The number of sulfonamides is 1. The Bertz CT molecular complexity index is 967. The van der Waals surface area contributed by atoms with Crippen molar-refractivity contribution in [3.63, 3.8) is 0 Å². The zero-order valence-electron chi connectivity index (χ0n) is 19.0. The summed E-state index contributed by atoms with van der Waals surface area (Å²) in [7, 11) is -3.74. The van der Waals surface area contributed by atoms with E-state index in [0.29, 0.717) is 17.7 Å². The Labute approximate surface area is 186 Å². The second kappa shape index (κ2) is 10.4. The van der Waals surface area contributed by atoms with Gasteiger partial charge in [-0.3, -0.25) is 4.79 Å². The predicted molar refractivity (Wildman–Crippen MR) is 123 cm³/mol. The van der Waals surface area contributed by atoms with Gasteiger partial charge in [-0.1, -0.05) is 50.2 Å². The molecule has 0 saturated heterocycles. The lowest BCUT2D eigenvalue weighted by Gasteiger charge is -2.27. The summed E-state index contributed by atoms with van der Waals surface area (Å²) in [4.78, 5) is 12.9. The second-order valence-corrected chi connectivity index (χ2v) is 11.2. The molecule has 0 bridgehead atoms. The summed E-state index contributed by atoms with van der Waals surface area (Å²) in [5, 5.41) is 13.7. The van der Waals surface area contributed by atoms with E-state index in [1.54, 1.807) is 48.5 Å². The van der Waals surface area contributed by atoms with Crippen molar-refractivity contribution in [1.82, 2.24) is 9.62 Å². The molecule has 0 aliphatic heterocycles. The highest BCUT2D eigenvalue weighted by molar-refractivity contribution is 7.89. The highest BCUT2D eigenvalue weighted by Gasteiger charge is 2.28. The van der Waals surface area contributed by atoms with Crippen molar-refractivity contribution in [2.45, 2.75) is 57.6 Å². The number of nitrogens with zero attached hydrogens (tertiary/aromatic N) is 1. The molecule has 0 heterocycles. The van der Waals surface area contributed by atoms with Crippen LogP contribution < -0.4 is 5.32 Å². The van der Waals surface area contributed by atoms with E-state index >= 15 is 0 Å². The monoisotopic (exact) mass is 446 g/mol. The molecular weight excluding hydrogens is 412 g/mol. The first-order chi connectivity index (χ1) is 14.4. The third-order valence-electron chi connectivity index (χ3n) is 4.57. The van der Waals surface area contributed by atoms with Crippen LogP contribution in [0.15, 0.2) is 59.5 Å². The highest BCUT2D eigenvalue weighted by atomic mass is 32.2. The lowest BCUT2D eigenvalue weighted by molar-refractivity contribution is 0.0917. The number of aliphatic hydroxyl groups is 1. The van der Waals surface area contributed by atoms with Crippen molar-refractivity contribution in [2.75, 3.05) is 13.1 Å². The molecule has 1 amide bonds. The predicted octanol–water partition coefficient (Wildman–Crippen LogP) is 3.47. The van der Waals surface area contributed by atoms with E-state index in [0.717, 1.165) is 0 Å². The summed E-state index contributed by atoms with van der Waals surface area (Å²) in [5.41, 5.74) is 0.775. The summed E-state index contributed by atoms with van der Waals surface area (Å²) in [6.45, 7) is 9.82. The maximum absolute atomic E-state index is 13.1. The van der Waals surface area contributed by atoms with E-state index in [1.165, 1.54) is 4.31 Å². The van der Waals surface area contributed by atoms with Gasteiger partial charge in [-0.15, -0.1) is 0 Å². The van der Waals surface area contributed by atoms with E-state index in [2.05, 4.69) is 5.32 Å². The zero-order valence-corrected chi connectivity index (χ0v) is 19.8. The van der Waals surface area contributed by atoms with Crippen LogP contribution in [-0.4, -0.2) is 48.5 Å². The molecular formula is C24H34N2O4S. The molecule has 0 aromatic heterocycles. The van der Waals surface area contributed by atoms with Gasteiger partial charge in [-0.2, -0.15) is 4.31 Å².